The number of hydrogen-bond donors (Lipinski definition) is 0. The summed E-state index contributed by atoms with van der Waals surface area (Å²) in [6, 6.07) is 5.89. The summed E-state index contributed by atoms with van der Waals surface area (Å²) in [5, 5.41) is 9.44. The summed E-state index contributed by atoms with van der Waals surface area (Å²) < 4.78 is 5.66. The van der Waals surface area contributed by atoms with Crippen LogP contribution in [-0.2, 0) is 0 Å². The van der Waals surface area contributed by atoms with Gasteiger partial charge in [0.2, 0.25) is 0 Å². The first-order valence-corrected chi connectivity index (χ1v) is 9.25. The van der Waals surface area contributed by atoms with Gasteiger partial charge in [-0.1, -0.05) is 29.5 Å². The zero-order valence-corrected chi connectivity index (χ0v) is 15.5. The van der Waals surface area contributed by atoms with Gasteiger partial charge in [0.15, 0.2) is 5.78 Å². The molecule has 0 fully saturated rings. The second-order valence-electron chi connectivity index (χ2n) is 5.55. The molecule has 0 unspecified atom stereocenters. The maximum absolute atomic E-state index is 12.4. The highest BCUT2D eigenvalue weighted by Crippen LogP contribution is 2.30. The van der Waals surface area contributed by atoms with Crippen LogP contribution >= 0.6 is 23.1 Å². The third-order valence-electron chi connectivity index (χ3n) is 3.52. The van der Waals surface area contributed by atoms with Crippen molar-refractivity contribution in [3.05, 3.63) is 45.6 Å². The van der Waals surface area contributed by atoms with E-state index in [0.717, 1.165) is 32.3 Å². The number of carbonyl (C=O) groups excluding carboxylic acids is 1. The lowest BCUT2D eigenvalue weighted by Crippen LogP contribution is -2.05. The van der Waals surface area contributed by atoms with Crippen LogP contribution in [0.15, 0.2) is 27.8 Å². The first kappa shape index (κ1) is 16.9. The first-order valence-electron chi connectivity index (χ1n) is 7.45. The quantitative estimate of drug-likeness (QED) is 0.497. The highest BCUT2D eigenvalue weighted by molar-refractivity contribution is 7.99. The van der Waals surface area contributed by atoms with Crippen LogP contribution in [0.1, 0.15) is 32.2 Å². The average Bonchev–Trinajstić information content (AvgIpc) is 3.13. The van der Waals surface area contributed by atoms with E-state index in [4.69, 9.17) is 4.42 Å². The topological polar surface area (TPSA) is 68.9 Å². The van der Waals surface area contributed by atoms with Gasteiger partial charge in [0.05, 0.1) is 16.5 Å². The molecule has 0 N–H and O–H groups in total. The summed E-state index contributed by atoms with van der Waals surface area (Å²) in [5.41, 5.74) is 3.68. The van der Waals surface area contributed by atoms with Gasteiger partial charge in [0.1, 0.15) is 4.88 Å². The van der Waals surface area contributed by atoms with E-state index >= 15 is 0 Å². The smallest absolute Gasteiger partial charge is 0.277 e. The number of carbonyl (C=O) groups is 1. The molecule has 5 nitrogen and oxygen atoms in total. The largest absolute Gasteiger partial charge is 0.410 e. The molecule has 0 saturated carbocycles. The van der Waals surface area contributed by atoms with E-state index in [9.17, 15) is 4.79 Å². The van der Waals surface area contributed by atoms with Crippen molar-refractivity contribution in [2.45, 2.75) is 32.9 Å². The zero-order valence-electron chi connectivity index (χ0n) is 13.9. The lowest BCUT2D eigenvalue weighted by molar-refractivity contribution is 0.102. The van der Waals surface area contributed by atoms with Gasteiger partial charge in [0.25, 0.3) is 11.1 Å². The van der Waals surface area contributed by atoms with E-state index in [-0.39, 0.29) is 11.5 Å². The van der Waals surface area contributed by atoms with Crippen molar-refractivity contribution in [1.82, 2.24) is 15.2 Å². The van der Waals surface area contributed by atoms with Crippen molar-refractivity contribution in [3.63, 3.8) is 0 Å². The zero-order chi connectivity index (χ0) is 17.3. The van der Waals surface area contributed by atoms with Crippen molar-refractivity contribution in [1.29, 1.82) is 0 Å². The lowest BCUT2D eigenvalue weighted by Gasteiger charge is -2.04. The Morgan fingerprint density at radius 3 is 2.71 bits per heavy atom. The van der Waals surface area contributed by atoms with Crippen LogP contribution in [0.4, 0.5) is 0 Å². The molecule has 24 heavy (non-hydrogen) atoms. The number of aryl methyl sites for hydroxylation is 4. The molecule has 124 valence electrons. The Balaban J connectivity index is 1.70. The molecule has 0 bridgehead atoms. The number of hydrogen-bond acceptors (Lipinski definition) is 7. The number of nitrogens with zero attached hydrogens (tertiary/aromatic N) is 3. The molecule has 3 rings (SSSR count). The number of ketones is 1. The Labute approximate surface area is 148 Å². The fraction of sp³-hybridized carbons (Fsp3) is 0.294. The summed E-state index contributed by atoms with van der Waals surface area (Å²) >= 11 is 2.78. The molecule has 2 heterocycles. The van der Waals surface area contributed by atoms with Crippen LogP contribution in [0, 0.1) is 27.7 Å². The monoisotopic (exact) mass is 359 g/mol. The summed E-state index contributed by atoms with van der Waals surface area (Å²) in [6.07, 6.45) is 0. The molecule has 7 heteroatoms. The predicted octanol–water partition coefficient (Wildman–Crippen LogP) is 4.40. The molecule has 0 saturated heterocycles. The maximum atomic E-state index is 12.4. The maximum Gasteiger partial charge on any atom is 0.277 e. The van der Waals surface area contributed by atoms with Crippen LogP contribution in [-0.4, -0.2) is 26.7 Å². The van der Waals surface area contributed by atoms with Crippen LogP contribution in [0.2, 0.25) is 0 Å². The molecule has 0 spiro atoms. The second-order valence-corrected chi connectivity index (χ2v) is 7.68. The number of rotatable bonds is 5. The molecular formula is C17H17N3O2S2. The van der Waals surface area contributed by atoms with Crippen molar-refractivity contribution >= 4 is 28.9 Å². The molecule has 0 radical (unpaired) electrons. The molecule has 0 aliphatic heterocycles. The highest BCUT2D eigenvalue weighted by Gasteiger charge is 2.17. The lowest BCUT2D eigenvalue weighted by atomic mass is 10.0. The Bertz CT molecular complexity index is 899. The van der Waals surface area contributed by atoms with Gasteiger partial charge in [-0.3, -0.25) is 4.79 Å². The van der Waals surface area contributed by atoms with E-state index < -0.39 is 0 Å². The minimum Gasteiger partial charge on any atom is -0.410 e. The normalized spacial score (nSPS) is 11.0. The molecule has 0 amide bonds. The fourth-order valence-corrected chi connectivity index (χ4v) is 3.82. The molecule has 3 aromatic rings. The van der Waals surface area contributed by atoms with Gasteiger partial charge < -0.3 is 4.42 Å². The summed E-state index contributed by atoms with van der Waals surface area (Å²) in [6.45, 7) is 7.78. The molecule has 0 atom stereocenters. The molecule has 2 aromatic heterocycles. The van der Waals surface area contributed by atoms with Crippen molar-refractivity contribution in [2.75, 3.05) is 5.75 Å². The van der Waals surface area contributed by atoms with Crippen LogP contribution < -0.4 is 0 Å². The number of aromatic nitrogens is 3. The third-order valence-corrected chi connectivity index (χ3v) is 5.40. The van der Waals surface area contributed by atoms with Gasteiger partial charge in [-0.05, 0) is 39.3 Å². The van der Waals surface area contributed by atoms with Gasteiger partial charge in [0, 0.05) is 5.56 Å². The minimum absolute atomic E-state index is 0.0609. The van der Waals surface area contributed by atoms with E-state index in [1.165, 1.54) is 23.1 Å². The van der Waals surface area contributed by atoms with Crippen LogP contribution in [0.3, 0.4) is 0 Å². The third kappa shape index (κ3) is 3.57. The number of thioether (sulfide) groups is 1. The van der Waals surface area contributed by atoms with Gasteiger partial charge >= 0.3 is 0 Å². The van der Waals surface area contributed by atoms with Crippen molar-refractivity contribution in [2.24, 2.45) is 0 Å². The SMILES string of the molecule is Cc1ccc(C)c(C(=O)CSc2nnc(-c3sc(C)nc3C)o2)c1. The van der Waals surface area contributed by atoms with Gasteiger partial charge in [-0.15, -0.1) is 21.5 Å². The molecule has 0 aliphatic carbocycles. The summed E-state index contributed by atoms with van der Waals surface area (Å²) in [7, 11) is 0. The predicted molar refractivity (Wildman–Crippen MR) is 95.9 cm³/mol. The second kappa shape index (κ2) is 6.86. The molecule has 1 aromatic carbocycles. The van der Waals surface area contributed by atoms with E-state index in [1.807, 2.05) is 45.9 Å². The van der Waals surface area contributed by atoms with Crippen molar-refractivity contribution < 1.29 is 9.21 Å². The first-order chi connectivity index (χ1) is 11.4. The Morgan fingerprint density at radius 1 is 1.21 bits per heavy atom. The van der Waals surface area contributed by atoms with E-state index in [2.05, 4.69) is 15.2 Å². The minimum atomic E-state index is 0.0609. The summed E-state index contributed by atoms with van der Waals surface area (Å²) in [5.74, 6) is 0.789. The highest BCUT2D eigenvalue weighted by atomic mass is 32.2. The van der Waals surface area contributed by atoms with Crippen LogP contribution in [0.25, 0.3) is 10.8 Å². The molecular weight excluding hydrogens is 342 g/mol. The standard InChI is InChI=1S/C17H17N3O2S2/c1-9-5-6-10(2)13(7-9)14(21)8-23-17-20-19-16(22-17)15-11(3)18-12(4)24-15/h5-7H,8H2,1-4H3. The fourth-order valence-electron chi connectivity index (χ4n) is 2.33. The Morgan fingerprint density at radius 2 is 2.00 bits per heavy atom. The molecule has 0 aliphatic rings. The Kier molecular flexibility index (Phi) is 4.82. The average molecular weight is 359 g/mol. The van der Waals surface area contributed by atoms with E-state index in [1.54, 1.807) is 0 Å². The van der Waals surface area contributed by atoms with E-state index in [0.29, 0.717) is 11.1 Å². The van der Waals surface area contributed by atoms with Crippen LogP contribution in [0.5, 0.6) is 0 Å². The van der Waals surface area contributed by atoms with Crippen molar-refractivity contribution in [3.8, 4) is 10.8 Å². The van der Waals surface area contributed by atoms with Gasteiger partial charge in [-0.2, -0.15) is 0 Å². The number of Topliss-reactive ketones (excluding diaryl/α,β-unsaturated/α-hetero) is 1. The number of thiazole rings is 1. The Hall–Kier alpha value is -1.99. The van der Waals surface area contributed by atoms with Gasteiger partial charge in [-0.25, -0.2) is 4.98 Å². The summed E-state index contributed by atoms with van der Waals surface area (Å²) in [4.78, 5) is 17.6. The number of benzene rings is 1.